The van der Waals surface area contributed by atoms with Crippen LogP contribution in [-0.2, 0) is 16.1 Å². The van der Waals surface area contributed by atoms with Crippen LogP contribution in [0.25, 0.3) is 0 Å². The second-order valence-electron chi connectivity index (χ2n) is 6.88. The van der Waals surface area contributed by atoms with Gasteiger partial charge in [-0.05, 0) is 50.7 Å². The van der Waals surface area contributed by atoms with Crippen molar-refractivity contribution in [3.8, 4) is 5.75 Å². The molecule has 0 atom stereocenters. The molecule has 1 N–H and O–H groups in total. The topological polar surface area (TPSA) is 67.9 Å². The molecule has 1 amide bonds. The molecule has 0 heterocycles. The third-order valence-corrected chi connectivity index (χ3v) is 4.47. The number of carbonyl (C=O) groups excluding carboxylic acids is 2. The van der Waals surface area contributed by atoms with Crippen LogP contribution in [0, 0.1) is 0 Å². The molecule has 0 fully saturated rings. The Morgan fingerprint density at radius 2 is 1.73 bits per heavy atom. The summed E-state index contributed by atoms with van der Waals surface area (Å²) in [6, 6.07) is 16.7. The first-order chi connectivity index (χ1) is 14.4. The molecular weight excluding hydrogens is 400 g/mol. The summed E-state index contributed by atoms with van der Waals surface area (Å²) in [7, 11) is 0. The summed E-state index contributed by atoms with van der Waals surface area (Å²) >= 11 is 5.50. The molecule has 0 aliphatic carbocycles. The Hall–Kier alpha value is -2.93. The highest BCUT2D eigenvalue weighted by molar-refractivity contribution is 7.80. The summed E-state index contributed by atoms with van der Waals surface area (Å²) in [5.74, 6) is -0.167. The summed E-state index contributed by atoms with van der Waals surface area (Å²) in [6.07, 6.45) is 0.106. The Bertz CT molecular complexity index is 855. The van der Waals surface area contributed by atoms with Gasteiger partial charge in [0, 0.05) is 13.1 Å². The second-order valence-corrected chi connectivity index (χ2v) is 7.27. The van der Waals surface area contributed by atoms with Crippen LogP contribution < -0.4 is 10.1 Å². The van der Waals surface area contributed by atoms with Crippen LogP contribution in [0.3, 0.4) is 0 Å². The van der Waals surface area contributed by atoms with E-state index in [4.69, 9.17) is 21.7 Å². The molecule has 0 spiro atoms. The fourth-order valence-corrected chi connectivity index (χ4v) is 3.02. The monoisotopic (exact) mass is 428 g/mol. The van der Waals surface area contributed by atoms with Gasteiger partial charge in [-0.2, -0.15) is 0 Å². The quantitative estimate of drug-likeness (QED) is 0.482. The van der Waals surface area contributed by atoms with Crippen LogP contribution in [0.1, 0.15) is 43.1 Å². The van der Waals surface area contributed by atoms with Crippen molar-refractivity contribution < 1.29 is 19.1 Å². The van der Waals surface area contributed by atoms with E-state index in [0.29, 0.717) is 31.0 Å². The molecule has 0 bridgehead atoms. The minimum absolute atomic E-state index is 0.0648. The molecular formula is C23H28N2O4S. The lowest BCUT2D eigenvalue weighted by Crippen LogP contribution is -2.43. The number of hydrogen-bond acceptors (Lipinski definition) is 5. The van der Waals surface area contributed by atoms with E-state index in [9.17, 15) is 9.59 Å². The predicted octanol–water partition coefficient (Wildman–Crippen LogP) is 3.94. The van der Waals surface area contributed by atoms with Crippen molar-refractivity contribution in [2.75, 3.05) is 13.2 Å². The summed E-state index contributed by atoms with van der Waals surface area (Å²) in [5.41, 5.74) is 1.42. The lowest BCUT2D eigenvalue weighted by atomic mass is 10.2. The first-order valence-electron chi connectivity index (χ1n) is 9.96. The van der Waals surface area contributed by atoms with Gasteiger partial charge >= 0.3 is 5.97 Å². The van der Waals surface area contributed by atoms with Gasteiger partial charge in [-0.25, -0.2) is 0 Å². The van der Waals surface area contributed by atoms with E-state index in [2.05, 4.69) is 5.32 Å². The first kappa shape index (κ1) is 23.3. The first-order valence-corrected chi connectivity index (χ1v) is 10.4. The van der Waals surface area contributed by atoms with Crippen molar-refractivity contribution in [1.29, 1.82) is 0 Å². The Labute approximate surface area is 183 Å². The number of amides is 1. The van der Waals surface area contributed by atoms with Gasteiger partial charge in [0.25, 0.3) is 5.91 Å². The summed E-state index contributed by atoms with van der Waals surface area (Å²) < 4.78 is 10.7. The Balaban J connectivity index is 2.12. The van der Waals surface area contributed by atoms with Gasteiger partial charge < -0.3 is 14.4 Å². The highest BCUT2D eigenvalue weighted by atomic mass is 32.1. The summed E-state index contributed by atoms with van der Waals surface area (Å²) in [6.45, 7) is 6.68. The van der Waals surface area contributed by atoms with Crippen molar-refractivity contribution in [3.63, 3.8) is 0 Å². The number of nitrogens with one attached hydrogen (secondary N) is 1. The molecule has 0 saturated carbocycles. The van der Waals surface area contributed by atoms with Crippen LogP contribution in [-0.4, -0.2) is 41.1 Å². The molecule has 0 aromatic heterocycles. The van der Waals surface area contributed by atoms with Gasteiger partial charge in [-0.1, -0.05) is 42.5 Å². The maximum Gasteiger partial charge on any atom is 0.307 e. The highest BCUT2D eigenvalue weighted by Crippen LogP contribution is 2.19. The van der Waals surface area contributed by atoms with E-state index in [0.717, 1.165) is 5.56 Å². The molecule has 0 aliphatic rings. The molecule has 2 aromatic rings. The average molecular weight is 429 g/mol. The standard InChI is InChI=1S/C23H28N2O4S/c1-4-28-21(26)14-15-25(16-18-10-6-5-7-11-18)23(30)24-22(27)19-12-8-9-13-20(19)29-17(2)3/h5-13,17H,4,14-16H2,1-3H3,(H,24,27,30). The molecule has 0 unspecified atom stereocenters. The summed E-state index contributed by atoms with van der Waals surface area (Å²) in [4.78, 5) is 26.5. The van der Waals surface area contributed by atoms with Gasteiger partial charge in [0.1, 0.15) is 5.75 Å². The molecule has 30 heavy (non-hydrogen) atoms. The minimum Gasteiger partial charge on any atom is -0.490 e. The van der Waals surface area contributed by atoms with Crippen molar-refractivity contribution >= 4 is 29.2 Å². The fourth-order valence-electron chi connectivity index (χ4n) is 2.77. The number of benzene rings is 2. The molecule has 0 saturated heterocycles. The van der Waals surface area contributed by atoms with E-state index in [1.807, 2.05) is 50.2 Å². The number of esters is 1. The number of thiocarbonyl (C=S) groups is 1. The number of hydrogen-bond donors (Lipinski definition) is 1. The Morgan fingerprint density at radius 3 is 2.40 bits per heavy atom. The SMILES string of the molecule is CCOC(=O)CCN(Cc1ccccc1)C(=S)NC(=O)c1ccccc1OC(C)C. The van der Waals surface area contributed by atoms with Crippen molar-refractivity contribution in [3.05, 3.63) is 65.7 Å². The van der Waals surface area contributed by atoms with Crippen molar-refractivity contribution in [1.82, 2.24) is 10.2 Å². The fraction of sp³-hybridized carbons (Fsp3) is 0.348. The predicted molar refractivity (Wildman–Crippen MR) is 120 cm³/mol. The normalized spacial score (nSPS) is 10.4. The third-order valence-electron chi connectivity index (χ3n) is 4.11. The van der Waals surface area contributed by atoms with Crippen LogP contribution >= 0.6 is 12.2 Å². The average Bonchev–Trinajstić information content (AvgIpc) is 2.72. The Morgan fingerprint density at radius 1 is 1.07 bits per heavy atom. The number of carbonyl (C=O) groups is 2. The third kappa shape index (κ3) is 7.48. The molecule has 2 rings (SSSR count). The largest absolute Gasteiger partial charge is 0.490 e. The molecule has 7 heteroatoms. The smallest absolute Gasteiger partial charge is 0.307 e. The summed E-state index contributed by atoms with van der Waals surface area (Å²) in [5, 5.41) is 3.02. The van der Waals surface area contributed by atoms with E-state index in [1.165, 1.54) is 0 Å². The molecule has 2 aromatic carbocycles. The van der Waals surface area contributed by atoms with E-state index in [-0.39, 0.29) is 29.5 Å². The van der Waals surface area contributed by atoms with Gasteiger partial charge in [-0.3, -0.25) is 14.9 Å². The molecule has 160 valence electrons. The molecule has 6 nitrogen and oxygen atoms in total. The number of rotatable bonds is 9. The van der Waals surface area contributed by atoms with Crippen molar-refractivity contribution in [2.45, 2.75) is 39.8 Å². The number of ether oxygens (including phenoxy) is 2. The van der Waals surface area contributed by atoms with E-state index in [1.54, 1.807) is 30.0 Å². The lowest BCUT2D eigenvalue weighted by Gasteiger charge is -2.25. The van der Waals surface area contributed by atoms with Crippen LogP contribution in [0.5, 0.6) is 5.75 Å². The van der Waals surface area contributed by atoms with Gasteiger partial charge in [0.15, 0.2) is 5.11 Å². The van der Waals surface area contributed by atoms with E-state index < -0.39 is 0 Å². The lowest BCUT2D eigenvalue weighted by molar-refractivity contribution is -0.143. The Kier molecular flexibility index (Phi) is 9.28. The van der Waals surface area contributed by atoms with Gasteiger partial charge in [-0.15, -0.1) is 0 Å². The van der Waals surface area contributed by atoms with Crippen molar-refractivity contribution in [2.24, 2.45) is 0 Å². The maximum absolute atomic E-state index is 12.9. The van der Waals surface area contributed by atoms with Gasteiger partial charge in [0.05, 0.1) is 24.7 Å². The van der Waals surface area contributed by atoms with Gasteiger partial charge in [0.2, 0.25) is 0 Å². The zero-order chi connectivity index (χ0) is 21.9. The van der Waals surface area contributed by atoms with Crippen LogP contribution in [0.15, 0.2) is 54.6 Å². The molecule has 0 aliphatic heterocycles. The zero-order valence-electron chi connectivity index (χ0n) is 17.6. The van der Waals surface area contributed by atoms with E-state index >= 15 is 0 Å². The van der Waals surface area contributed by atoms with Crippen LogP contribution in [0.4, 0.5) is 0 Å². The van der Waals surface area contributed by atoms with Crippen LogP contribution in [0.2, 0.25) is 0 Å². The second kappa shape index (κ2) is 11.9. The maximum atomic E-state index is 12.9. The minimum atomic E-state index is -0.356. The highest BCUT2D eigenvalue weighted by Gasteiger charge is 2.19. The molecule has 0 radical (unpaired) electrons. The zero-order valence-corrected chi connectivity index (χ0v) is 18.4. The number of para-hydroxylation sites is 1. The number of nitrogens with zero attached hydrogens (tertiary/aromatic N) is 1.